The fourth-order valence-corrected chi connectivity index (χ4v) is 2.40. The fourth-order valence-electron chi connectivity index (χ4n) is 2.30. The second-order valence-electron chi connectivity index (χ2n) is 5.05. The molecule has 5 nitrogen and oxygen atoms in total. The normalized spacial score (nSPS) is 18.6. The number of nitrogens with one attached hydrogen (secondary N) is 1. The van der Waals surface area contributed by atoms with Crippen molar-refractivity contribution in [3.63, 3.8) is 0 Å². The molecular weight excluding hydrogens is 278 g/mol. The zero-order valence-electron chi connectivity index (χ0n) is 11.9. The zero-order valence-corrected chi connectivity index (χ0v) is 12.6. The first-order valence-corrected chi connectivity index (χ1v) is 7.11. The van der Waals surface area contributed by atoms with Crippen LogP contribution in [0.5, 0.6) is 0 Å². The predicted octanol–water partition coefficient (Wildman–Crippen LogP) is 1.95. The summed E-state index contributed by atoms with van der Waals surface area (Å²) in [5.41, 5.74) is 0.806. The number of halogens is 1. The second-order valence-corrected chi connectivity index (χ2v) is 5.45. The van der Waals surface area contributed by atoms with Gasteiger partial charge in [0.05, 0.1) is 17.3 Å². The molecule has 0 aliphatic carbocycles. The minimum atomic E-state index is 0.203. The van der Waals surface area contributed by atoms with Gasteiger partial charge < -0.3 is 15.0 Å². The number of nitrogens with zero attached hydrogens (tertiary/aromatic N) is 2. The third-order valence-electron chi connectivity index (χ3n) is 3.45. The van der Waals surface area contributed by atoms with Gasteiger partial charge in [-0.2, -0.15) is 0 Å². The summed E-state index contributed by atoms with van der Waals surface area (Å²) in [6.07, 6.45) is 0.587. The number of likely N-dealkylation sites (tertiary alicyclic amines) is 1. The number of rotatable bonds is 6. The number of carbonyl (C=O) groups excluding carboxylic acids is 1. The molecule has 1 saturated heterocycles. The number of methoxy groups -OCH3 is 1. The molecule has 0 radical (unpaired) electrons. The summed E-state index contributed by atoms with van der Waals surface area (Å²) in [6, 6.07) is 3.69. The number of carbonyl (C=O) groups is 1. The van der Waals surface area contributed by atoms with Gasteiger partial charge >= 0.3 is 0 Å². The third kappa shape index (κ3) is 3.84. The number of ether oxygens (including phenoxy) is 1. The van der Waals surface area contributed by atoms with Gasteiger partial charge in [-0.25, -0.2) is 4.98 Å². The topological polar surface area (TPSA) is 54.5 Å². The van der Waals surface area contributed by atoms with Crippen LogP contribution in [-0.4, -0.2) is 49.1 Å². The lowest BCUT2D eigenvalue weighted by atomic mass is 10.1. The smallest absolute Gasteiger partial charge is 0.223 e. The highest BCUT2D eigenvalue weighted by molar-refractivity contribution is 6.31. The van der Waals surface area contributed by atoms with Gasteiger partial charge in [0.15, 0.2) is 0 Å². The monoisotopic (exact) mass is 297 g/mol. The highest BCUT2D eigenvalue weighted by Gasteiger charge is 2.28. The van der Waals surface area contributed by atoms with Gasteiger partial charge in [0.1, 0.15) is 5.82 Å². The van der Waals surface area contributed by atoms with E-state index in [9.17, 15) is 4.79 Å². The Morgan fingerprint density at radius 1 is 1.55 bits per heavy atom. The summed E-state index contributed by atoms with van der Waals surface area (Å²) in [5.74, 6) is 1.32. The Morgan fingerprint density at radius 3 is 3.05 bits per heavy atom. The second kappa shape index (κ2) is 6.90. The van der Waals surface area contributed by atoms with Crippen molar-refractivity contribution < 1.29 is 9.53 Å². The van der Waals surface area contributed by atoms with Gasteiger partial charge in [-0.05, 0) is 19.1 Å². The number of aryl methyl sites for hydroxylation is 1. The van der Waals surface area contributed by atoms with Crippen LogP contribution in [0.1, 0.15) is 12.1 Å². The van der Waals surface area contributed by atoms with E-state index in [1.165, 1.54) is 0 Å². The molecule has 1 fully saturated rings. The van der Waals surface area contributed by atoms with Crippen molar-refractivity contribution in [1.82, 2.24) is 9.88 Å². The van der Waals surface area contributed by atoms with E-state index in [0.717, 1.165) is 24.6 Å². The first-order valence-electron chi connectivity index (χ1n) is 6.74. The number of hydrogen-bond acceptors (Lipinski definition) is 4. The average molecular weight is 298 g/mol. The largest absolute Gasteiger partial charge is 0.383 e. The summed E-state index contributed by atoms with van der Waals surface area (Å²) in [6.45, 7) is 4.65. The molecule has 110 valence electrons. The van der Waals surface area contributed by atoms with Crippen molar-refractivity contribution in [3.8, 4) is 0 Å². The summed E-state index contributed by atoms with van der Waals surface area (Å²) >= 11 is 5.94. The van der Waals surface area contributed by atoms with Crippen LogP contribution in [0.3, 0.4) is 0 Å². The molecule has 1 aromatic rings. The lowest BCUT2D eigenvalue weighted by molar-refractivity contribution is -0.128. The molecule has 0 saturated carbocycles. The lowest BCUT2D eigenvalue weighted by Crippen LogP contribution is -2.29. The molecule has 1 aromatic heterocycles. The van der Waals surface area contributed by atoms with E-state index in [1.54, 1.807) is 7.11 Å². The molecule has 2 heterocycles. The van der Waals surface area contributed by atoms with Crippen molar-refractivity contribution >= 4 is 23.3 Å². The fraction of sp³-hybridized carbons (Fsp3) is 0.571. The Morgan fingerprint density at radius 2 is 2.35 bits per heavy atom. The molecule has 1 atom stereocenters. The Kier molecular flexibility index (Phi) is 5.20. The van der Waals surface area contributed by atoms with Crippen LogP contribution in [0.15, 0.2) is 12.1 Å². The van der Waals surface area contributed by atoms with Crippen LogP contribution in [0.2, 0.25) is 5.02 Å². The van der Waals surface area contributed by atoms with Gasteiger partial charge in [-0.3, -0.25) is 4.79 Å². The summed E-state index contributed by atoms with van der Waals surface area (Å²) in [5, 5.41) is 3.94. The van der Waals surface area contributed by atoms with Crippen molar-refractivity contribution in [2.24, 2.45) is 5.92 Å². The van der Waals surface area contributed by atoms with E-state index in [4.69, 9.17) is 16.3 Å². The van der Waals surface area contributed by atoms with Crippen LogP contribution in [0.4, 0.5) is 5.82 Å². The molecule has 0 aromatic carbocycles. The molecular formula is C14H20ClN3O2. The predicted molar refractivity (Wildman–Crippen MR) is 79.0 cm³/mol. The third-order valence-corrected chi connectivity index (χ3v) is 3.85. The first-order chi connectivity index (χ1) is 9.60. The number of anilines is 1. The maximum atomic E-state index is 11.8. The van der Waals surface area contributed by atoms with Crippen molar-refractivity contribution in [2.45, 2.75) is 13.3 Å². The summed E-state index contributed by atoms with van der Waals surface area (Å²) < 4.78 is 5.01. The summed E-state index contributed by atoms with van der Waals surface area (Å²) in [7, 11) is 1.65. The zero-order chi connectivity index (χ0) is 14.5. The molecule has 0 bridgehead atoms. The highest BCUT2D eigenvalue weighted by Crippen LogP contribution is 2.19. The van der Waals surface area contributed by atoms with Crippen molar-refractivity contribution in [2.75, 3.05) is 38.7 Å². The Hall–Kier alpha value is -1.33. The van der Waals surface area contributed by atoms with Gasteiger partial charge in [-0.15, -0.1) is 0 Å². The van der Waals surface area contributed by atoms with Crippen LogP contribution in [-0.2, 0) is 9.53 Å². The molecule has 6 heteroatoms. The van der Waals surface area contributed by atoms with E-state index < -0.39 is 0 Å². The van der Waals surface area contributed by atoms with Crippen LogP contribution in [0.25, 0.3) is 0 Å². The van der Waals surface area contributed by atoms with Gasteiger partial charge in [0.25, 0.3) is 0 Å². The minimum Gasteiger partial charge on any atom is -0.383 e. The van der Waals surface area contributed by atoms with E-state index >= 15 is 0 Å². The molecule has 2 rings (SSSR count). The highest BCUT2D eigenvalue weighted by atomic mass is 35.5. The number of amides is 1. The van der Waals surface area contributed by atoms with Gasteiger partial charge in [0, 0.05) is 39.1 Å². The molecule has 20 heavy (non-hydrogen) atoms. The quantitative estimate of drug-likeness (QED) is 0.872. The first kappa shape index (κ1) is 15.1. The SMILES string of the molecule is COCCN1CC(CNc2ccc(Cl)c(C)n2)CC1=O. The van der Waals surface area contributed by atoms with Gasteiger partial charge in [-0.1, -0.05) is 11.6 Å². The van der Waals surface area contributed by atoms with Crippen molar-refractivity contribution in [1.29, 1.82) is 0 Å². The van der Waals surface area contributed by atoms with E-state index in [2.05, 4.69) is 10.3 Å². The number of pyridine rings is 1. The van der Waals surface area contributed by atoms with Crippen LogP contribution >= 0.6 is 11.6 Å². The Bertz CT molecular complexity index is 481. The molecule has 1 amide bonds. The van der Waals surface area contributed by atoms with E-state index in [1.807, 2.05) is 24.0 Å². The number of hydrogen-bond donors (Lipinski definition) is 1. The van der Waals surface area contributed by atoms with Crippen LogP contribution in [0, 0.1) is 12.8 Å². The minimum absolute atomic E-state index is 0.203. The number of aromatic nitrogens is 1. The maximum Gasteiger partial charge on any atom is 0.223 e. The standard InChI is InChI=1S/C14H20ClN3O2/c1-10-12(15)3-4-13(17-10)16-8-11-7-14(19)18(9-11)5-6-20-2/h3-4,11H,5-9H2,1-2H3,(H,16,17). The van der Waals surface area contributed by atoms with Gasteiger partial charge in [0.2, 0.25) is 5.91 Å². The Labute approximate surface area is 124 Å². The Balaban J connectivity index is 1.82. The molecule has 0 spiro atoms. The van der Waals surface area contributed by atoms with E-state index in [0.29, 0.717) is 30.5 Å². The van der Waals surface area contributed by atoms with Crippen molar-refractivity contribution in [3.05, 3.63) is 22.8 Å². The molecule has 1 aliphatic rings. The lowest BCUT2D eigenvalue weighted by Gasteiger charge is -2.16. The average Bonchev–Trinajstić information content (AvgIpc) is 2.78. The van der Waals surface area contributed by atoms with Crippen LogP contribution < -0.4 is 5.32 Å². The molecule has 1 aliphatic heterocycles. The van der Waals surface area contributed by atoms with E-state index in [-0.39, 0.29) is 5.91 Å². The molecule has 1 N–H and O–H groups in total. The maximum absolute atomic E-state index is 11.8. The molecule has 1 unspecified atom stereocenters. The summed E-state index contributed by atoms with van der Waals surface area (Å²) in [4.78, 5) is 18.0.